The second kappa shape index (κ2) is 8.05. The Bertz CT molecular complexity index is 1160. The Morgan fingerprint density at radius 2 is 2.00 bits per heavy atom. The average Bonchev–Trinajstić information content (AvgIpc) is 3.45. The maximum Gasteiger partial charge on any atom is 0.276 e. The van der Waals surface area contributed by atoms with Crippen molar-refractivity contribution in [1.82, 2.24) is 30.5 Å². The minimum atomic E-state index is -0.340. The van der Waals surface area contributed by atoms with Crippen molar-refractivity contribution in [2.24, 2.45) is 0 Å². The molecule has 0 bridgehead atoms. The molecule has 30 heavy (non-hydrogen) atoms. The van der Waals surface area contributed by atoms with Crippen molar-refractivity contribution < 1.29 is 4.79 Å². The first-order valence-electron chi connectivity index (χ1n) is 9.49. The number of anilines is 4. The number of hydrogen-bond donors (Lipinski definition) is 4. The van der Waals surface area contributed by atoms with Gasteiger partial charge < -0.3 is 20.9 Å². The van der Waals surface area contributed by atoms with E-state index in [1.165, 1.54) is 17.7 Å². The topological polar surface area (TPSA) is 124 Å². The first-order chi connectivity index (χ1) is 14.8. The third kappa shape index (κ3) is 3.67. The first kappa shape index (κ1) is 18.5. The van der Waals surface area contributed by atoms with Crippen LogP contribution >= 0.6 is 11.3 Å². The van der Waals surface area contributed by atoms with Gasteiger partial charge in [-0.2, -0.15) is 5.10 Å². The second-order valence-electron chi connectivity index (χ2n) is 6.74. The molecule has 0 aromatic carbocycles. The van der Waals surface area contributed by atoms with Crippen LogP contribution in [0.5, 0.6) is 0 Å². The largest absolute Gasteiger partial charge is 0.368 e. The number of pyridine rings is 1. The zero-order chi connectivity index (χ0) is 20.3. The van der Waals surface area contributed by atoms with E-state index in [0.29, 0.717) is 23.0 Å². The van der Waals surface area contributed by atoms with E-state index in [1.54, 1.807) is 18.5 Å². The lowest BCUT2D eigenvalue weighted by Crippen LogP contribution is -2.43. The summed E-state index contributed by atoms with van der Waals surface area (Å²) in [4.78, 5) is 28.8. The molecule has 0 atom stereocenters. The van der Waals surface area contributed by atoms with E-state index < -0.39 is 0 Å². The number of thiophene rings is 1. The SMILES string of the molecule is O=C(Nc1ccc(N2CCNCC2)cn1)c1[nH]ncc1Nc1ncnc2sccc12. The molecule has 5 heterocycles. The third-order valence-electron chi connectivity index (χ3n) is 4.85. The summed E-state index contributed by atoms with van der Waals surface area (Å²) in [5, 5.41) is 18.9. The van der Waals surface area contributed by atoms with E-state index in [0.717, 1.165) is 42.1 Å². The van der Waals surface area contributed by atoms with Gasteiger partial charge in [-0.3, -0.25) is 9.89 Å². The van der Waals surface area contributed by atoms with Gasteiger partial charge in [0.1, 0.15) is 28.5 Å². The van der Waals surface area contributed by atoms with E-state index in [2.05, 4.69) is 46.0 Å². The summed E-state index contributed by atoms with van der Waals surface area (Å²) < 4.78 is 0. The molecular weight excluding hydrogens is 402 g/mol. The van der Waals surface area contributed by atoms with Crippen LogP contribution in [0.25, 0.3) is 10.2 Å². The molecule has 1 fully saturated rings. The number of amides is 1. The number of carbonyl (C=O) groups is 1. The lowest BCUT2D eigenvalue weighted by Gasteiger charge is -2.29. The average molecular weight is 421 g/mol. The number of piperazine rings is 1. The summed E-state index contributed by atoms with van der Waals surface area (Å²) in [6, 6.07) is 5.71. The predicted molar refractivity (Wildman–Crippen MR) is 117 cm³/mol. The molecule has 1 aliphatic heterocycles. The van der Waals surface area contributed by atoms with Crippen molar-refractivity contribution in [3.63, 3.8) is 0 Å². The Morgan fingerprint density at radius 3 is 2.83 bits per heavy atom. The van der Waals surface area contributed by atoms with Crippen LogP contribution in [0.2, 0.25) is 0 Å². The Balaban J connectivity index is 1.30. The summed E-state index contributed by atoms with van der Waals surface area (Å²) in [5.41, 5.74) is 1.86. The molecular formula is C19H19N9OS. The monoisotopic (exact) mass is 421 g/mol. The Kier molecular flexibility index (Phi) is 4.95. The van der Waals surface area contributed by atoms with Gasteiger partial charge in [-0.05, 0) is 23.6 Å². The molecule has 1 saturated heterocycles. The zero-order valence-corrected chi connectivity index (χ0v) is 16.7. The summed E-state index contributed by atoms with van der Waals surface area (Å²) in [7, 11) is 0. The molecule has 0 unspecified atom stereocenters. The van der Waals surface area contributed by atoms with Crippen LogP contribution in [0.4, 0.5) is 23.0 Å². The maximum absolute atomic E-state index is 12.8. The van der Waals surface area contributed by atoms with E-state index in [9.17, 15) is 4.79 Å². The highest BCUT2D eigenvalue weighted by Crippen LogP contribution is 2.27. The van der Waals surface area contributed by atoms with Crippen LogP contribution in [-0.4, -0.2) is 57.2 Å². The fourth-order valence-corrected chi connectivity index (χ4v) is 4.05. The number of nitrogens with zero attached hydrogens (tertiary/aromatic N) is 5. The molecule has 152 valence electrons. The van der Waals surface area contributed by atoms with Crippen LogP contribution in [0, 0.1) is 0 Å². The highest BCUT2D eigenvalue weighted by Gasteiger charge is 2.17. The van der Waals surface area contributed by atoms with Crippen LogP contribution < -0.4 is 20.9 Å². The van der Waals surface area contributed by atoms with E-state index >= 15 is 0 Å². The zero-order valence-electron chi connectivity index (χ0n) is 15.9. The van der Waals surface area contributed by atoms with Crippen molar-refractivity contribution >= 4 is 50.5 Å². The Labute approximate surface area is 175 Å². The molecule has 0 spiro atoms. The quantitative estimate of drug-likeness (QED) is 0.387. The second-order valence-corrected chi connectivity index (χ2v) is 7.63. The number of nitrogens with one attached hydrogen (secondary N) is 4. The summed E-state index contributed by atoms with van der Waals surface area (Å²) in [6.07, 6.45) is 4.82. The molecule has 5 rings (SSSR count). The number of carbonyl (C=O) groups excluding carboxylic acids is 1. The fourth-order valence-electron chi connectivity index (χ4n) is 3.32. The molecule has 4 aromatic rings. The number of aromatic nitrogens is 5. The normalized spacial score (nSPS) is 14.1. The first-order valence-corrected chi connectivity index (χ1v) is 10.4. The molecule has 1 amide bonds. The van der Waals surface area contributed by atoms with Crippen LogP contribution in [0.15, 0.2) is 42.3 Å². The van der Waals surface area contributed by atoms with Gasteiger partial charge in [0.25, 0.3) is 5.91 Å². The number of fused-ring (bicyclic) bond motifs is 1. The number of rotatable bonds is 5. The van der Waals surface area contributed by atoms with Gasteiger partial charge in [0.15, 0.2) is 0 Å². The number of hydrogen-bond acceptors (Lipinski definition) is 9. The van der Waals surface area contributed by atoms with Gasteiger partial charge in [0, 0.05) is 26.2 Å². The smallest absolute Gasteiger partial charge is 0.276 e. The van der Waals surface area contributed by atoms with E-state index in [1.807, 2.05) is 17.5 Å². The third-order valence-corrected chi connectivity index (χ3v) is 5.67. The fraction of sp³-hybridized carbons (Fsp3) is 0.211. The molecule has 11 heteroatoms. The molecule has 4 aromatic heterocycles. The highest BCUT2D eigenvalue weighted by molar-refractivity contribution is 7.16. The lowest BCUT2D eigenvalue weighted by atomic mass is 10.3. The van der Waals surface area contributed by atoms with Crippen molar-refractivity contribution in [2.45, 2.75) is 0 Å². The van der Waals surface area contributed by atoms with Crippen LogP contribution in [0.1, 0.15) is 10.5 Å². The predicted octanol–water partition coefficient (Wildman–Crippen LogP) is 2.21. The van der Waals surface area contributed by atoms with Crippen molar-refractivity contribution in [3.8, 4) is 0 Å². The van der Waals surface area contributed by atoms with Crippen LogP contribution in [0.3, 0.4) is 0 Å². The van der Waals surface area contributed by atoms with Gasteiger partial charge in [-0.1, -0.05) is 0 Å². The molecule has 0 aliphatic carbocycles. The van der Waals surface area contributed by atoms with Gasteiger partial charge in [-0.15, -0.1) is 11.3 Å². The van der Waals surface area contributed by atoms with Gasteiger partial charge in [-0.25, -0.2) is 15.0 Å². The highest BCUT2D eigenvalue weighted by atomic mass is 32.1. The molecule has 1 aliphatic rings. The summed E-state index contributed by atoms with van der Waals surface area (Å²) in [5.74, 6) is 0.755. The van der Waals surface area contributed by atoms with E-state index in [4.69, 9.17) is 0 Å². The van der Waals surface area contributed by atoms with Crippen molar-refractivity contribution in [3.05, 3.63) is 48.0 Å². The van der Waals surface area contributed by atoms with E-state index in [-0.39, 0.29) is 5.91 Å². The maximum atomic E-state index is 12.8. The number of aromatic amines is 1. The van der Waals surface area contributed by atoms with Gasteiger partial charge >= 0.3 is 0 Å². The molecule has 0 saturated carbocycles. The Hall–Kier alpha value is -3.57. The summed E-state index contributed by atoms with van der Waals surface area (Å²) >= 11 is 1.53. The van der Waals surface area contributed by atoms with Gasteiger partial charge in [0.05, 0.1) is 29.2 Å². The van der Waals surface area contributed by atoms with Crippen molar-refractivity contribution in [1.29, 1.82) is 0 Å². The number of H-pyrrole nitrogens is 1. The molecule has 4 N–H and O–H groups in total. The van der Waals surface area contributed by atoms with Crippen molar-refractivity contribution in [2.75, 3.05) is 41.7 Å². The summed E-state index contributed by atoms with van der Waals surface area (Å²) in [6.45, 7) is 3.80. The van der Waals surface area contributed by atoms with Crippen LogP contribution in [-0.2, 0) is 0 Å². The Morgan fingerprint density at radius 1 is 1.10 bits per heavy atom. The minimum absolute atomic E-state index is 0.296. The standard InChI is InChI=1S/C19H19N9OS/c29-18(26-15-2-1-12(9-21-15)28-6-4-20-5-7-28)16-14(10-24-27-16)25-17-13-3-8-30-19(13)23-11-22-17/h1-3,8-11,20H,4-7H2,(H,24,27)(H,21,26,29)(H,22,23,25). The minimum Gasteiger partial charge on any atom is -0.368 e. The molecule has 10 nitrogen and oxygen atoms in total. The molecule has 0 radical (unpaired) electrons. The van der Waals surface area contributed by atoms with Gasteiger partial charge in [0.2, 0.25) is 0 Å². The lowest BCUT2D eigenvalue weighted by molar-refractivity contribution is 0.102.